The van der Waals surface area contributed by atoms with Crippen LogP contribution < -0.4 is 15.8 Å². The molecular formula is C22H22BrN3O5. The smallest absolute Gasteiger partial charge is 0.311 e. The van der Waals surface area contributed by atoms with Crippen molar-refractivity contribution in [2.45, 2.75) is 20.3 Å². The van der Waals surface area contributed by atoms with Gasteiger partial charge in [-0.25, -0.2) is 0 Å². The van der Waals surface area contributed by atoms with Crippen LogP contribution in [0.4, 0.5) is 5.69 Å². The van der Waals surface area contributed by atoms with Gasteiger partial charge in [-0.3, -0.25) is 30.0 Å². The van der Waals surface area contributed by atoms with Gasteiger partial charge in [-0.05, 0) is 61.4 Å². The summed E-state index contributed by atoms with van der Waals surface area (Å²) in [5.41, 5.74) is 7.70. The summed E-state index contributed by atoms with van der Waals surface area (Å²) in [5.74, 6) is -2.64. The number of hydrogen-bond acceptors (Lipinski definition) is 5. The Morgan fingerprint density at radius 2 is 1.77 bits per heavy atom. The van der Waals surface area contributed by atoms with E-state index in [4.69, 9.17) is 4.74 Å². The van der Waals surface area contributed by atoms with Crippen LogP contribution in [-0.4, -0.2) is 36.8 Å². The van der Waals surface area contributed by atoms with Crippen LogP contribution >= 0.6 is 15.9 Å². The van der Waals surface area contributed by atoms with Gasteiger partial charge in [0.05, 0.1) is 5.92 Å². The van der Waals surface area contributed by atoms with Gasteiger partial charge in [0.1, 0.15) is 0 Å². The number of carbonyl (C=O) groups excluding carboxylic acids is 4. The van der Waals surface area contributed by atoms with Gasteiger partial charge in [0.2, 0.25) is 5.91 Å². The van der Waals surface area contributed by atoms with Gasteiger partial charge in [-0.15, -0.1) is 0 Å². The molecule has 3 rings (SSSR count). The molecule has 1 fully saturated rings. The van der Waals surface area contributed by atoms with E-state index in [1.165, 1.54) is 0 Å². The summed E-state index contributed by atoms with van der Waals surface area (Å²) in [6, 6.07) is 12.2. The Kier molecular flexibility index (Phi) is 7.06. The highest BCUT2D eigenvalue weighted by Gasteiger charge is 2.36. The Hall–Kier alpha value is -3.20. The molecule has 1 heterocycles. The van der Waals surface area contributed by atoms with Crippen LogP contribution in [0, 0.1) is 19.8 Å². The van der Waals surface area contributed by atoms with E-state index in [9.17, 15) is 19.2 Å². The lowest BCUT2D eigenvalue weighted by molar-refractivity contribution is -0.152. The quantitative estimate of drug-likeness (QED) is 0.497. The van der Waals surface area contributed by atoms with Crippen LogP contribution in [0.1, 0.15) is 27.9 Å². The third kappa shape index (κ3) is 5.69. The zero-order valence-corrected chi connectivity index (χ0v) is 18.7. The second-order valence-corrected chi connectivity index (χ2v) is 8.21. The minimum Gasteiger partial charge on any atom is -0.455 e. The molecule has 162 valence electrons. The fourth-order valence-electron chi connectivity index (χ4n) is 3.10. The first-order valence-corrected chi connectivity index (χ1v) is 10.4. The van der Waals surface area contributed by atoms with Gasteiger partial charge < -0.3 is 9.64 Å². The highest BCUT2D eigenvalue weighted by molar-refractivity contribution is 9.10. The van der Waals surface area contributed by atoms with Crippen molar-refractivity contribution >= 4 is 45.3 Å². The fraction of sp³-hybridized carbons (Fsp3) is 0.273. The second-order valence-electron chi connectivity index (χ2n) is 7.29. The van der Waals surface area contributed by atoms with Crippen molar-refractivity contribution < 1.29 is 23.9 Å². The number of rotatable bonds is 5. The molecule has 0 spiro atoms. The molecule has 0 aliphatic carbocycles. The molecule has 31 heavy (non-hydrogen) atoms. The molecule has 0 bridgehead atoms. The van der Waals surface area contributed by atoms with Crippen LogP contribution in [-0.2, 0) is 19.1 Å². The van der Waals surface area contributed by atoms with Crippen molar-refractivity contribution in [2.24, 2.45) is 5.92 Å². The molecule has 1 aliphatic rings. The summed E-state index contributed by atoms with van der Waals surface area (Å²) in [7, 11) is 0. The van der Waals surface area contributed by atoms with E-state index in [2.05, 4.69) is 26.8 Å². The first-order chi connectivity index (χ1) is 14.7. The lowest BCUT2D eigenvalue weighted by atomic mass is 10.1. The van der Waals surface area contributed by atoms with Gasteiger partial charge in [-0.1, -0.05) is 22.0 Å². The lowest BCUT2D eigenvalue weighted by Crippen LogP contribution is -2.43. The Morgan fingerprint density at radius 3 is 2.45 bits per heavy atom. The van der Waals surface area contributed by atoms with E-state index in [0.29, 0.717) is 5.56 Å². The first kappa shape index (κ1) is 22.5. The van der Waals surface area contributed by atoms with E-state index in [-0.39, 0.29) is 18.9 Å². The minimum atomic E-state index is -0.686. The van der Waals surface area contributed by atoms with E-state index < -0.39 is 30.3 Å². The molecule has 2 N–H and O–H groups in total. The number of hydrogen-bond donors (Lipinski definition) is 2. The molecular weight excluding hydrogens is 466 g/mol. The molecule has 1 atom stereocenters. The first-order valence-electron chi connectivity index (χ1n) is 9.63. The number of benzene rings is 2. The van der Waals surface area contributed by atoms with Crippen molar-refractivity contribution in [3.8, 4) is 0 Å². The van der Waals surface area contributed by atoms with Crippen LogP contribution in [0.5, 0.6) is 0 Å². The van der Waals surface area contributed by atoms with Crippen molar-refractivity contribution in [3.63, 3.8) is 0 Å². The van der Waals surface area contributed by atoms with Crippen LogP contribution in [0.3, 0.4) is 0 Å². The standard InChI is InChI=1S/C22H22BrN3O5/c1-13-3-8-18(9-14(13)2)26-11-16(10-20(26)28)22(30)31-12-19(27)24-25-21(29)15-4-6-17(23)7-5-15/h3-9,16H,10-12H2,1-2H3,(H,24,27)(H,25,29)/t16-/m0/s1. The Morgan fingerprint density at radius 1 is 1.06 bits per heavy atom. The number of nitrogens with one attached hydrogen (secondary N) is 2. The average molecular weight is 488 g/mol. The van der Waals surface area contributed by atoms with E-state index in [1.54, 1.807) is 29.2 Å². The summed E-state index contributed by atoms with van der Waals surface area (Å²) in [6.07, 6.45) is 0.0215. The molecule has 0 radical (unpaired) electrons. The molecule has 0 saturated carbocycles. The number of ether oxygens (including phenoxy) is 1. The predicted octanol–water partition coefficient (Wildman–Crippen LogP) is 2.42. The van der Waals surface area contributed by atoms with Gasteiger partial charge in [-0.2, -0.15) is 0 Å². The number of esters is 1. The van der Waals surface area contributed by atoms with Crippen molar-refractivity contribution in [2.75, 3.05) is 18.1 Å². The number of hydrazine groups is 1. The normalized spacial score (nSPS) is 15.5. The van der Waals surface area contributed by atoms with Gasteiger partial charge in [0.15, 0.2) is 6.61 Å². The molecule has 0 unspecified atom stereocenters. The fourth-order valence-corrected chi connectivity index (χ4v) is 3.36. The maximum Gasteiger partial charge on any atom is 0.311 e. The Bertz CT molecular complexity index is 1020. The molecule has 0 aromatic heterocycles. The van der Waals surface area contributed by atoms with E-state index in [1.807, 2.05) is 32.0 Å². The molecule has 8 nitrogen and oxygen atoms in total. The molecule has 1 saturated heterocycles. The van der Waals surface area contributed by atoms with Gasteiger partial charge in [0, 0.05) is 28.7 Å². The highest BCUT2D eigenvalue weighted by atomic mass is 79.9. The third-order valence-corrected chi connectivity index (χ3v) is 5.56. The van der Waals surface area contributed by atoms with Crippen LogP contribution in [0.15, 0.2) is 46.9 Å². The number of carbonyl (C=O) groups is 4. The molecule has 2 aromatic carbocycles. The molecule has 1 aliphatic heterocycles. The summed E-state index contributed by atoms with van der Waals surface area (Å²) in [6.45, 7) is 3.58. The number of halogens is 1. The Labute approximate surface area is 188 Å². The molecule has 3 amide bonds. The van der Waals surface area contributed by atoms with Crippen molar-refractivity contribution in [3.05, 3.63) is 63.6 Å². The Balaban J connectivity index is 1.46. The predicted molar refractivity (Wildman–Crippen MR) is 117 cm³/mol. The SMILES string of the molecule is Cc1ccc(N2C[C@@H](C(=O)OCC(=O)NNC(=O)c3ccc(Br)cc3)CC2=O)cc1C. The summed E-state index contributed by atoms with van der Waals surface area (Å²) < 4.78 is 5.85. The topological polar surface area (TPSA) is 105 Å². The zero-order valence-electron chi connectivity index (χ0n) is 17.1. The second kappa shape index (κ2) is 9.74. The maximum atomic E-state index is 12.3. The summed E-state index contributed by atoms with van der Waals surface area (Å²) >= 11 is 3.27. The zero-order chi connectivity index (χ0) is 22.5. The largest absolute Gasteiger partial charge is 0.455 e. The maximum absolute atomic E-state index is 12.3. The van der Waals surface area contributed by atoms with Crippen molar-refractivity contribution in [1.82, 2.24) is 10.9 Å². The summed E-state index contributed by atoms with van der Waals surface area (Å²) in [5, 5.41) is 0. The number of nitrogens with zero attached hydrogens (tertiary/aromatic N) is 1. The van der Waals surface area contributed by atoms with Crippen molar-refractivity contribution in [1.29, 1.82) is 0 Å². The summed E-state index contributed by atoms with van der Waals surface area (Å²) in [4.78, 5) is 50.1. The number of amides is 3. The van der Waals surface area contributed by atoms with Gasteiger partial charge >= 0.3 is 5.97 Å². The van der Waals surface area contributed by atoms with E-state index in [0.717, 1.165) is 21.3 Å². The molecule has 9 heteroatoms. The number of anilines is 1. The minimum absolute atomic E-state index is 0.0215. The lowest BCUT2D eigenvalue weighted by Gasteiger charge is -2.17. The van der Waals surface area contributed by atoms with Gasteiger partial charge in [0.25, 0.3) is 11.8 Å². The average Bonchev–Trinajstić information content (AvgIpc) is 3.14. The third-order valence-electron chi connectivity index (χ3n) is 5.03. The number of aryl methyl sites for hydroxylation is 2. The van der Waals surface area contributed by atoms with E-state index >= 15 is 0 Å². The highest BCUT2D eigenvalue weighted by Crippen LogP contribution is 2.27. The monoisotopic (exact) mass is 487 g/mol. The molecule has 2 aromatic rings. The van der Waals surface area contributed by atoms with Crippen LogP contribution in [0.25, 0.3) is 0 Å². The van der Waals surface area contributed by atoms with Crippen LogP contribution in [0.2, 0.25) is 0 Å².